The van der Waals surface area contributed by atoms with Crippen molar-refractivity contribution in [3.05, 3.63) is 121 Å². The van der Waals surface area contributed by atoms with Gasteiger partial charge in [0.2, 0.25) is 0 Å². The Morgan fingerprint density at radius 3 is 0.879 bits per heavy atom. The molecule has 0 aromatic heterocycles. The van der Waals surface area contributed by atoms with Gasteiger partial charge in [-0.3, -0.25) is 0 Å². The Balaban J connectivity index is 1.89. The number of hydrogen-bond donors (Lipinski definition) is 0. The molecule has 0 N–H and O–H groups in total. The second kappa shape index (κ2) is 9.05. The fourth-order valence-corrected chi connectivity index (χ4v) is 50.0. The summed E-state index contributed by atoms with van der Waals surface area (Å²) in [5.41, 5.74) is 0. The third kappa shape index (κ3) is 3.45. The van der Waals surface area contributed by atoms with Gasteiger partial charge < -0.3 is 0 Å². The largest absolute Gasteiger partial charge is 0.109 e. The topological polar surface area (TPSA) is 0 Å². The Morgan fingerprint density at radius 2 is 0.636 bits per heavy atom. The molecule has 4 aromatic rings. The fraction of sp³-hybridized carbons (Fsp3) is 0.200. The standard InChI is InChI=1S/C30H34Si3/c1-31(2)32(27-17-7-3-8-18-27,28-19-9-4-10-20-28)25-15-16-26-33(31,29-21-11-5-12-22-29)30-23-13-6-14-24-30/h3-14,17-24H,15-16,25-26H2,1-2H3. The number of benzene rings is 4. The zero-order valence-electron chi connectivity index (χ0n) is 19.9. The van der Waals surface area contributed by atoms with Crippen molar-refractivity contribution < 1.29 is 0 Å². The first-order chi connectivity index (χ1) is 16.1. The van der Waals surface area contributed by atoms with Gasteiger partial charge in [0.1, 0.15) is 15.2 Å². The maximum absolute atomic E-state index is 2.80. The van der Waals surface area contributed by atoms with Gasteiger partial charge in [-0.2, -0.15) is 0 Å². The van der Waals surface area contributed by atoms with Crippen LogP contribution in [0.3, 0.4) is 0 Å². The lowest BCUT2D eigenvalue weighted by molar-refractivity contribution is 0.871. The SMILES string of the molecule is C[Si]1(C)[Si](c2ccccc2)(c2ccccc2)CCCC[Si]1(c1ccccc1)c1ccccc1. The van der Waals surface area contributed by atoms with E-state index in [0.717, 1.165) is 0 Å². The van der Waals surface area contributed by atoms with Crippen LogP contribution in [0.25, 0.3) is 0 Å². The van der Waals surface area contributed by atoms with Crippen molar-refractivity contribution in [2.24, 2.45) is 0 Å². The second-order valence-electron chi connectivity index (χ2n) is 10.1. The van der Waals surface area contributed by atoms with E-state index in [0.29, 0.717) is 0 Å². The van der Waals surface area contributed by atoms with E-state index in [1.807, 2.05) is 0 Å². The van der Waals surface area contributed by atoms with Crippen molar-refractivity contribution in [1.82, 2.24) is 0 Å². The Labute approximate surface area is 202 Å². The average molecular weight is 479 g/mol. The quantitative estimate of drug-likeness (QED) is 0.355. The van der Waals surface area contributed by atoms with E-state index in [4.69, 9.17) is 0 Å². The lowest BCUT2D eigenvalue weighted by Gasteiger charge is -2.54. The van der Waals surface area contributed by atoms with Crippen LogP contribution in [0.2, 0.25) is 25.2 Å². The molecule has 4 aromatic carbocycles. The summed E-state index contributed by atoms with van der Waals surface area (Å²) in [4.78, 5) is 0. The van der Waals surface area contributed by atoms with Crippen molar-refractivity contribution in [3.63, 3.8) is 0 Å². The molecule has 1 heterocycles. The summed E-state index contributed by atoms with van der Waals surface area (Å²) in [7, 11) is -5.91. The number of rotatable bonds is 4. The van der Waals surface area contributed by atoms with Crippen molar-refractivity contribution in [2.45, 2.75) is 38.0 Å². The molecular formula is C30H34Si3. The molecule has 0 radical (unpaired) electrons. The van der Waals surface area contributed by atoms with Crippen LogP contribution < -0.4 is 20.7 Å². The maximum Gasteiger partial charge on any atom is 0.109 e. The van der Waals surface area contributed by atoms with Gasteiger partial charge in [-0.15, -0.1) is 0 Å². The predicted octanol–water partition coefficient (Wildman–Crippen LogP) is 5.17. The molecule has 1 aliphatic rings. The van der Waals surface area contributed by atoms with Gasteiger partial charge in [-0.25, -0.2) is 0 Å². The second-order valence-corrected chi connectivity index (χ2v) is 34.4. The van der Waals surface area contributed by atoms with E-state index in [2.05, 4.69) is 134 Å². The first kappa shape index (κ1) is 22.3. The Hall–Kier alpha value is -2.47. The molecule has 0 aliphatic carbocycles. The van der Waals surface area contributed by atoms with Crippen molar-refractivity contribution in [2.75, 3.05) is 0 Å². The van der Waals surface area contributed by atoms with Gasteiger partial charge in [0, 0.05) is 0 Å². The van der Waals surface area contributed by atoms with Crippen LogP contribution in [0.1, 0.15) is 12.8 Å². The van der Waals surface area contributed by atoms with E-state index < -0.39 is 22.3 Å². The monoisotopic (exact) mass is 478 g/mol. The van der Waals surface area contributed by atoms with Crippen LogP contribution in [-0.2, 0) is 0 Å². The summed E-state index contributed by atoms with van der Waals surface area (Å²) in [6.45, 7) is 5.60. The number of hydrogen-bond acceptors (Lipinski definition) is 0. The average Bonchev–Trinajstić information content (AvgIpc) is 3.00. The zero-order chi connectivity index (χ0) is 22.8. The van der Waals surface area contributed by atoms with Gasteiger partial charge in [-0.05, 0) is 0 Å². The lowest BCUT2D eigenvalue weighted by Crippen LogP contribution is -2.88. The van der Waals surface area contributed by atoms with Crippen LogP contribution >= 0.6 is 0 Å². The molecule has 1 aliphatic heterocycles. The highest BCUT2D eigenvalue weighted by molar-refractivity contribution is 7.78. The van der Waals surface area contributed by atoms with E-state index >= 15 is 0 Å². The molecule has 0 bridgehead atoms. The highest BCUT2D eigenvalue weighted by Crippen LogP contribution is 2.39. The van der Waals surface area contributed by atoms with Crippen LogP contribution in [0.4, 0.5) is 0 Å². The third-order valence-electron chi connectivity index (χ3n) is 8.55. The molecule has 33 heavy (non-hydrogen) atoms. The smallest absolute Gasteiger partial charge is 0.0719 e. The Bertz CT molecular complexity index is 998. The Kier molecular flexibility index (Phi) is 6.13. The normalized spacial score (nSPS) is 18.8. The van der Waals surface area contributed by atoms with Gasteiger partial charge in [-0.1, -0.05) is 180 Å². The predicted molar refractivity (Wildman–Crippen MR) is 152 cm³/mol. The highest BCUT2D eigenvalue weighted by atomic mass is 29.6. The van der Waals surface area contributed by atoms with E-state index in [1.165, 1.54) is 24.9 Å². The molecule has 0 spiro atoms. The first-order valence-electron chi connectivity index (χ1n) is 12.3. The molecule has 3 heteroatoms. The van der Waals surface area contributed by atoms with E-state index in [1.54, 1.807) is 20.7 Å². The molecule has 0 unspecified atom stereocenters. The summed E-state index contributed by atoms with van der Waals surface area (Å²) >= 11 is 0. The fourth-order valence-electron chi connectivity index (χ4n) is 7.01. The Morgan fingerprint density at radius 1 is 0.394 bits per heavy atom. The molecule has 0 amide bonds. The van der Waals surface area contributed by atoms with Gasteiger partial charge in [0.15, 0.2) is 0 Å². The molecule has 5 rings (SSSR count). The van der Waals surface area contributed by atoms with E-state index in [-0.39, 0.29) is 0 Å². The lowest BCUT2D eigenvalue weighted by atomic mass is 10.3. The van der Waals surface area contributed by atoms with Crippen LogP contribution in [0.15, 0.2) is 121 Å². The van der Waals surface area contributed by atoms with Crippen LogP contribution in [0.5, 0.6) is 0 Å². The van der Waals surface area contributed by atoms with Crippen LogP contribution in [0, 0.1) is 0 Å². The van der Waals surface area contributed by atoms with Crippen molar-refractivity contribution in [1.29, 1.82) is 0 Å². The summed E-state index contributed by atoms with van der Waals surface area (Å²) in [6.07, 6.45) is 2.70. The summed E-state index contributed by atoms with van der Waals surface area (Å²) in [5.74, 6) is 0. The van der Waals surface area contributed by atoms with Gasteiger partial charge >= 0.3 is 0 Å². The highest BCUT2D eigenvalue weighted by Gasteiger charge is 2.64. The van der Waals surface area contributed by atoms with E-state index in [9.17, 15) is 0 Å². The molecule has 1 fully saturated rings. The van der Waals surface area contributed by atoms with Crippen LogP contribution in [-0.4, -0.2) is 22.3 Å². The zero-order valence-corrected chi connectivity index (χ0v) is 22.9. The van der Waals surface area contributed by atoms with Crippen molar-refractivity contribution >= 4 is 43.0 Å². The minimum Gasteiger partial charge on any atom is -0.0719 e. The molecule has 0 nitrogen and oxygen atoms in total. The third-order valence-corrected chi connectivity index (χ3v) is 45.8. The minimum atomic E-state index is -2.01. The minimum absolute atomic E-state index is 1.35. The molecule has 1 saturated heterocycles. The van der Waals surface area contributed by atoms with Gasteiger partial charge in [0.25, 0.3) is 0 Å². The summed E-state index contributed by atoms with van der Waals surface area (Å²) in [6, 6.07) is 49.7. The first-order valence-corrected chi connectivity index (χ1v) is 21.8. The molecule has 0 atom stereocenters. The maximum atomic E-state index is 2.80. The summed E-state index contributed by atoms with van der Waals surface area (Å²) in [5, 5.41) is 6.66. The molecule has 0 saturated carbocycles. The molecule has 166 valence electrons. The van der Waals surface area contributed by atoms with Crippen molar-refractivity contribution in [3.8, 4) is 0 Å². The molecular weight excluding hydrogens is 445 g/mol. The summed E-state index contributed by atoms with van der Waals surface area (Å²) < 4.78 is 0. The van der Waals surface area contributed by atoms with Gasteiger partial charge in [0.05, 0.1) is 7.11 Å².